The minimum absolute atomic E-state index is 0.0717. The van der Waals surface area contributed by atoms with Crippen LogP contribution in [0.1, 0.15) is 143 Å². The van der Waals surface area contributed by atoms with E-state index in [1.807, 2.05) is 13.8 Å². The van der Waals surface area contributed by atoms with Gasteiger partial charge in [-0.3, -0.25) is 38.4 Å². The van der Waals surface area contributed by atoms with E-state index in [4.69, 9.17) is 53.6 Å². The number of benzene rings is 5. The quantitative estimate of drug-likeness (QED) is 0.0469. The summed E-state index contributed by atoms with van der Waals surface area (Å²) in [6.45, 7) is 5.20. The Labute approximate surface area is 590 Å². The van der Waals surface area contributed by atoms with Crippen molar-refractivity contribution in [2.24, 2.45) is 17.4 Å². The number of aliphatic hydroxyl groups excluding tert-OH is 5. The summed E-state index contributed by atoms with van der Waals surface area (Å²) >= 11 is 14.2. The molecule has 1 saturated heterocycles. The smallest absolute Gasteiger partial charge is 0.248 e. The first-order valence-corrected chi connectivity index (χ1v) is 33.8. The van der Waals surface area contributed by atoms with E-state index in [1.165, 1.54) is 37.4 Å². The number of hydrogen-bond acceptors (Lipinski definition) is 22. The minimum Gasteiger partial charge on any atom is -0.508 e. The van der Waals surface area contributed by atoms with Crippen LogP contribution < -0.4 is 68.2 Å². The number of aromatic hydroxyl groups is 3. The van der Waals surface area contributed by atoms with E-state index in [9.17, 15) is 64.8 Å². The number of fused-ring (bicyclic) bond motifs is 15. The van der Waals surface area contributed by atoms with Gasteiger partial charge in [0.2, 0.25) is 59.3 Å². The number of halogens is 2. The van der Waals surface area contributed by atoms with Crippen LogP contribution in [0.2, 0.25) is 10.0 Å². The molecule has 20 N–H and O–H groups in total. The highest BCUT2D eigenvalue weighted by Gasteiger charge is 2.47. The molecule has 11 bridgehead atoms. The van der Waals surface area contributed by atoms with Crippen LogP contribution in [0.25, 0.3) is 11.1 Å². The molecule has 30 nitrogen and oxygen atoms in total. The molecular weight excluding hydrogens is 1360 g/mol. The van der Waals surface area contributed by atoms with Crippen molar-refractivity contribution in [1.29, 1.82) is 0 Å². The maximum atomic E-state index is 16.0. The second-order valence-electron chi connectivity index (χ2n) is 25.7. The molecule has 11 rings (SSSR count). The second-order valence-corrected chi connectivity index (χ2v) is 26.5. The fourth-order valence-corrected chi connectivity index (χ4v) is 13.0. The molecule has 5 aromatic carbocycles. The Bertz CT molecular complexity index is 3920. The average molecular weight is 1440 g/mol. The van der Waals surface area contributed by atoms with Crippen LogP contribution in [-0.2, 0) is 43.1 Å². The lowest BCUT2D eigenvalue weighted by Crippen LogP contribution is -2.64. The number of phenolic OH excluding ortho intramolecular Hbond substituents is 3. The Morgan fingerprint density at radius 2 is 1.24 bits per heavy atom. The first-order chi connectivity index (χ1) is 48.1. The maximum absolute atomic E-state index is 16.0. The van der Waals surface area contributed by atoms with Gasteiger partial charge in [-0.2, -0.15) is 0 Å². The topological polar surface area (TPSA) is 484 Å². The normalized spacial score (nSPS) is 24.8. The maximum Gasteiger partial charge on any atom is 0.248 e. The number of carbonyl (C=O) groups is 8. The Morgan fingerprint density at radius 1 is 0.644 bits per heavy atom. The largest absolute Gasteiger partial charge is 0.508 e. The average Bonchev–Trinajstić information content (AvgIpc) is 0.775. The molecule has 6 heterocycles. The summed E-state index contributed by atoms with van der Waals surface area (Å²) in [5.41, 5.74) is 9.43. The first kappa shape index (κ1) is 76.1. The van der Waals surface area contributed by atoms with Crippen molar-refractivity contribution in [3.63, 3.8) is 0 Å². The summed E-state index contributed by atoms with van der Waals surface area (Å²) < 4.78 is 26.3. The van der Waals surface area contributed by atoms with Gasteiger partial charge in [-0.1, -0.05) is 107 Å². The van der Waals surface area contributed by atoms with E-state index in [0.717, 1.165) is 93.5 Å². The predicted octanol–water partition coefficient (Wildman–Crippen LogP) is 3.01. The van der Waals surface area contributed by atoms with E-state index >= 15 is 14.4 Å². The Hall–Kier alpha value is -9.08. The molecule has 14 atom stereocenters. The van der Waals surface area contributed by atoms with Gasteiger partial charge in [0.05, 0.1) is 35.2 Å². The number of nitrogens with one attached hydrogen (secondary N) is 8. The molecule has 5 aromatic rings. The van der Waals surface area contributed by atoms with Crippen LogP contribution in [0.3, 0.4) is 0 Å². The van der Waals surface area contributed by atoms with Crippen molar-refractivity contribution < 1.29 is 98.2 Å². The molecule has 101 heavy (non-hydrogen) atoms. The predicted molar refractivity (Wildman–Crippen MR) is 363 cm³/mol. The van der Waals surface area contributed by atoms with E-state index in [1.54, 1.807) is 0 Å². The number of primary amides is 2. The number of aliphatic hydroxyl groups is 5. The number of amides is 8. The van der Waals surface area contributed by atoms with E-state index in [2.05, 4.69) is 49.5 Å². The van der Waals surface area contributed by atoms with Gasteiger partial charge >= 0.3 is 0 Å². The van der Waals surface area contributed by atoms with Crippen molar-refractivity contribution in [1.82, 2.24) is 42.5 Å². The number of hydrogen-bond donors (Lipinski definition) is 18. The summed E-state index contributed by atoms with van der Waals surface area (Å²) in [6.07, 6.45) is -3.95. The van der Waals surface area contributed by atoms with Crippen molar-refractivity contribution >= 4 is 70.5 Å². The molecule has 0 saturated carbocycles. The van der Waals surface area contributed by atoms with Gasteiger partial charge in [0.1, 0.15) is 95.5 Å². The van der Waals surface area contributed by atoms with Gasteiger partial charge in [0.25, 0.3) is 0 Å². The van der Waals surface area contributed by atoms with Crippen molar-refractivity contribution in [2.45, 2.75) is 170 Å². The fourth-order valence-electron chi connectivity index (χ4n) is 12.5. The number of rotatable bonds is 21. The summed E-state index contributed by atoms with van der Waals surface area (Å²) in [7, 11) is 1.50. The lowest BCUT2D eigenvalue weighted by atomic mass is 9.89. The molecule has 0 aliphatic carbocycles. The molecule has 6 aliphatic rings. The second kappa shape index (κ2) is 33.6. The highest BCUT2D eigenvalue weighted by molar-refractivity contribution is 6.32. The molecule has 1 fully saturated rings. The number of unbranched alkanes of at least 4 members (excludes halogenated alkanes) is 7. The summed E-state index contributed by atoms with van der Waals surface area (Å²) in [6, 6.07) is -0.450. The summed E-state index contributed by atoms with van der Waals surface area (Å²) in [5.74, 6) is -14.2. The highest BCUT2D eigenvalue weighted by Crippen LogP contribution is 2.49. The zero-order valence-corrected chi connectivity index (χ0v) is 57.1. The Morgan fingerprint density at radius 3 is 1.83 bits per heavy atom. The minimum atomic E-state index is -2.26. The molecule has 0 radical (unpaired) electrons. The monoisotopic (exact) mass is 1440 g/mol. The molecule has 0 aromatic heterocycles. The Balaban J connectivity index is 1.30. The SMILES string of the molecule is CCCCCCCCCCN[C@H]1[C@H](Oc2c3cc4cc2Oc2ccc(cc2Cl)[C@@H](O)[C@@H](NC(=O)[C@@H](CC(C)C)NC)C(=O)N[C@@H](CC(N)=O)C(=O)N[C@H]4C(=O)N[C@H]2C(=O)N[C@H](C(=O)NC(C(N)=O)c4cc(O)cc(O)c4-c4cc2ccc4O)[C@H](O)c2ccc(c(Cl)c2)O3)O[C@H](CO)[C@@H](O)[C@@H]1O. The van der Waals surface area contributed by atoms with Crippen molar-refractivity contribution in [3.8, 4) is 57.1 Å². The number of phenols is 3. The molecule has 32 heteroatoms. The van der Waals surface area contributed by atoms with E-state index < -0.39 is 191 Å². The van der Waals surface area contributed by atoms with Gasteiger partial charge in [0.15, 0.2) is 11.5 Å². The third-order valence-electron chi connectivity index (χ3n) is 17.9. The Kier molecular flexibility index (Phi) is 25.3. The van der Waals surface area contributed by atoms with Crippen LogP contribution in [0, 0.1) is 5.92 Å². The summed E-state index contributed by atoms with van der Waals surface area (Å²) in [5, 5.41) is 113. The fraction of sp³-hybridized carbons (Fsp3) is 0.449. The third kappa shape index (κ3) is 17.8. The van der Waals surface area contributed by atoms with Gasteiger partial charge in [-0.15, -0.1) is 0 Å². The van der Waals surface area contributed by atoms with Crippen LogP contribution in [0.5, 0.6) is 46.0 Å². The van der Waals surface area contributed by atoms with Gasteiger partial charge < -0.3 is 114 Å². The lowest BCUT2D eigenvalue weighted by Gasteiger charge is -2.42. The molecule has 1 unspecified atom stereocenters. The standard InChI is InChI=1S/C69H84Cl2N10O20/c1-5-6-7-8-9-10-11-12-19-75-56-60(90)59(89)48(29-82)100-69(56)101-61-46-24-34-25-47(61)99-45-18-15-33(23-39(45)71)58(88)55-68(97)79-53(62(73)91)37-26-35(83)27-43(85)50(37)36-21-31(13-16-42(36)84)51(65(94)81-55)78-66(95)52(34)77-64(93)41(28-49(72)86)76-67(96)54(80-63(92)40(74-4)20-30(2)3)57(87)32-14-17-44(98-46)38(70)22-32/h13-18,21-27,30,40-41,48,51-60,69,74-75,82-85,87-90H,5-12,19-20,28-29H2,1-4H3,(H2,72,86)(H2,73,91)(H,76,96)(H,77,93)(H,78,95)(H,79,97)(H,80,92)(H,81,94)/t40-,41+,48-,51-,52-,53?,54-,55+,56-,57-,58-,59-,60-,69+/m1/s1. The number of ether oxygens (including phenoxy) is 4. The number of likely N-dealkylation sites (N-methyl/N-ethyl adjacent to an activating group) is 1. The van der Waals surface area contributed by atoms with E-state index in [0.29, 0.717) is 6.42 Å². The van der Waals surface area contributed by atoms with Crippen LogP contribution in [0.15, 0.2) is 78.9 Å². The van der Waals surface area contributed by atoms with Crippen LogP contribution in [0.4, 0.5) is 0 Å². The van der Waals surface area contributed by atoms with Crippen LogP contribution in [-0.4, -0.2) is 163 Å². The molecule has 6 aliphatic heterocycles. The number of nitrogens with two attached hydrogens (primary N) is 2. The third-order valence-corrected chi connectivity index (χ3v) is 18.5. The van der Waals surface area contributed by atoms with Crippen molar-refractivity contribution in [3.05, 3.63) is 117 Å². The van der Waals surface area contributed by atoms with Gasteiger partial charge in [-0.05, 0) is 115 Å². The highest BCUT2D eigenvalue weighted by atomic mass is 35.5. The molecule has 544 valence electrons. The van der Waals surface area contributed by atoms with Gasteiger partial charge in [-0.25, -0.2) is 0 Å². The first-order valence-electron chi connectivity index (χ1n) is 33.1. The summed E-state index contributed by atoms with van der Waals surface area (Å²) in [4.78, 5) is 117. The zero-order chi connectivity index (χ0) is 73.3. The molecule has 8 amide bonds. The molecular formula is C69H84Cl2N10O20. The lowest BCUT2D eigenvalue weighted by molar-refractivity contribution is -0.245. The van der Waals surface area contributed by atoms with Crippen LogP contribution >= 0.6 is 23.2 Å². The number of carbonyl (C=O) groups excluding carboxylic acids is 8. The van der Waals surface area contributed by atoms with Crippen molar-refractivity contribution in [2.75, 3.05) is 20.2 Å². The van der Waals surface area contributed by atoms with E-state index in [-0.39, 0.29) is 68.2 Å². The zero-order valence-electron chi connectivity index (χ0n) is 55.5. The van der Waals surface area contributed by atoms with Gasteiger partial charge in [0, 0.05) is 17.2 Å². The molecule has 0 spiro atoms.